The standard InChI is InChI=1S/C29H27Cl2FN6O3/c1-37-11-13-38(14-12-37)25-10-9-18(15-24(25)32)34-29-33-17-21(27(39)35-26-22(30)7-4-8-23(26)31)28(36-29)41-20-6-3-5-19(16-20)40-2/h3-10,15-17H,11-14H2,1-2H3,(H,35,39)(H,33,34,36). The number of rotatable bonds is 8. The lowest BCUT2D eigenvalue weighted by molar-refractivity contribution is 0.102. The summed E-state index contributed by atoms with van der Waals surface area (Å²) in [7, 11) is 3.58. The first-order valence-electron chi connectivity index (χ1n) is 12.7. The average molecular weight is 597 g/mol. The number of nitrogens with zero attached hydrogens (tertiary/aromatic N) is 4. The summed E-state index contributed by atoms with van der Waals surface area (Å²) in [5.74, 6) is 0.0287. The van der Waals surface area contributed by atoms with E-state index < -0.39 is 5.91 Å². The fourth-order valence-electron chi connectivity index (χ4n) is 4.25. The van der Waals surface area contributed by atoms with Gasteiger partial charge in [0.15, 0.2) is 0 Å². The van der Waals surface area contributed by atoms with E-state index in [4.69, 9.17) is 32.7 Å². The van der Waals surface area contributed by atoms with Crippen LogP contribution in [0.2, 0.25) is 10.0 Å². The van der Waals surface area contributed by atoms with Gasteiger partial charge in [-0.3, -0.25) is 4.79 Å². The fraction of sp³-hybridized carbons (Fsp3) is 0.207. The second-order valence-electron chi connectivity index (χ2n) is 9.33. The Labute approximate surface area is 246 Å². The molecule has 0 unspecified atom stereocenters. The third-order valence-corrected chi connectivity index (χ3v) is 7.13. The van der Waals surface area contributed by atoms with Crippen molar-refractivity contribution < 1.29 is 18.7 Å². The Morgan fingerprint density at radius 2 is 1.68 bits per heavy atom. The third kappa shape index (κ3) is 6.79. The monoisotopic (exact) mass is 596 g/mol. The van der Waals surface area contributed by atoms with Crippen molar-refractivity contribution in [2.45, 2.75) is 0 Å². The zero-order chi connectivity index (χ0) is 28.9. The van der Waals surface area contributed by atoms with E-state index in [1.807, 2.05) is 11.9 Å². The Morgan fingerprint density at radius 1 is 0.976 bits per heavy atom. The average Bonchev–Trinajstić information content (AvgIpc) is 2.96. The van der Waals surface area contributed by atoms with E-state index >= 15 is 4.39 Å². The number of likely N-dealkylation sites (N-methyl/N-ethyl adjacent to an activating group) is 1. The van der Waals surface area contributed by atoms with Gasteiger partial charge in [-0.2, -0.15) is 4.98 Å². The van der Waals surface area contributed by atoms with Crippen molar-refractivity contribution in [3.05, 3.63) is 88.3 Å². The molecule has 0 radical (unpaired) electrons. The molecule has 1 aromatic heterocycles. The van der Waals surface area contributed by atoms with E-state index in [-0.39, 0.29) is 38.9 Å². The van der Waals surface area contributed by atoms with Crippen LogP contribution in [0.1, 0.15) is 10.4 Å². The molecule has 12 heteroatoms. The lowest BCUT2D eigenvalue weighted by Gasteiger charge is -2.34. The first-order chi connectivity index (χ1) is 19.8. The first-order valence-corrected chi connectivity index (χ1v) is 13.5. The van der Waals surface area contributed by atoms with Crippen LogP contribution in [-0.2, 0) is 0 Å². The Hall–Kier alpha value is -4.12. The molecule has 5 rings (SSSR count). The van der Waals surface area contributed by atoms with Crippen molar-refractivity contribution in [2.75, 3.05) is 55.9 Å². The summed E-state index contributed by atoms with van der Waals surface area (Å²) in [4.78, 5) is 26.2. The fourth-order valence-corrected chi connectivity index (χ4v) is 4.74. The molecule has 1 saturated heterocycles. The molecule has 4 aromatic rings. The normalized spacial score (nSPS) is 13.5. The number of para-hydroxylation sites is 1. The molecule has 1 amide bonds. The maximum Gasteiger partial charge on any atom is 0.262 e. The summed E-state index contributed by atoms with van der Waals surface area (Å²) in [5.41, 5.74) is 1.24. The Kier molecular flexibility index (Phi) is 8.72. The molecule has 9 nitrogen and oxygen atoms in total. The number of methoxy groups -OCH3 is 1. The molecule has 1 aliphatic rings. The lowest BCUT2D eigenvalue weighted by Crippen LogP contribution is -2.44. The smallest absolute Gasteiger partial charge is 0.262 e. The van der Waals surface area contributed by atoms with Gasteiger partial charge in [0.2, 0.25) is 11.8 Å². The van der Waals surface area contributed by atoms with Gasteiger partial charge in [-0.25, -0.2) is 9.37 Å². The number of carbonyl (C=O) groups is 1. The topological polar surface area (TPSA) is 91.9 Å². The second kappa shape index (κ2) is 12.6. The number of ether oxygens (including phenoxy) is 2. The largest absolute Gasteiger partial charge is 0.497 e. The third-order valence-electron chi connectivity index (χ3n) is 6.50. The summed E-state index contributed by atoms with van der Waals surface area (Å²) in [6.07, 6.45) is 1.31. The van der Waals surface area contributed by atoms with Gasteiger partial charge in [-0.1, -0.05) is 35.3 Å². The van der Waals surface area contributed by atoms with Gasteiger partial charge in [0.1, 0.15) is 22.9 Å². The van der Waals surface area contributed by atoms with Gasteiger partial charge in [-0.05, 0) is 49.5 Å². The van der Waals surface area contributed by atoms with Crippen LogP contribution in [0.4, 0.5) is 27.4 Å². The molecular weight excluding hydrogens is 570 g/mol. The molecule has 1 aliphatic heterocycles. The number of anilines is 4. The molecular formula is C29H27Cl2FN6O3. The zero-order valence-corrected chi connectivity index (χ0v) is 23.8. The number of benzene rings is 3. The van der Waals surface area contributed by atoms with Crippen LogP contribution in [0, 0.1) is 5.82 Å². The number of hydrogen-bond donors (Lipinski definition) is 2. The maximum absolute atomic E-state index is 15.1. The van der Waals surface area contributed by atoms with E-state index in [0.717, 1.165) is 26.2 Å². The van der Waals surface area contributed by atoms with Gasteiger partial charge < -0.3 is 29.9 Å². The van der Waals surface area contributed by atoms with E-state index in [0.29, 0.717) is 22.9 Å². The molecule has 0 aliphatic carbocycles. The van der Waals surface area contributed by atoms with Gasteiger partial charge in [0.05, 0.1) is 28.5 Å². The molecule has 3 aromatic carbocycles. The van der Waals surface area contributed by atoms with Crippen LogP contribution >= 0.6 is 23.2 Å². The van der Waals surface area contributed by atoms with E-state index in [1.165, 1.54) is 19.4 Å². The Balaban J connectivity index is 1.42. The summed E-state index contributed by atoms with van der Waals surface area (Å²) >= 11 is 12.5. The van der Waals surface area contributed by atoms with Gasteiger partial charge in [0, 0.05) is 44.1 Å². The highest BCUT2D eigenvalue weighted by Crippen LogP contribution is 2.33. The number of hydrogen-bond acceptors (Lipinski definition) is 8. The minimum absolute atomic E-state index is 0.0194. The Morgan fingerprint density at radius 3 is 2.39 bits per heavy atom. The number of carbonyl (C=O) groups excluding carboxylic acids is 1. The molecule has 0 bridgehead atoms. The highest BCUT2D eigenvalue weighted by Gasteiger charge is 2.21. The first kappa shape index (κ1) is 28.4. The highest BCUT2D eigenvalue weighted by atomic mass is 35.5. The second-order valence-corrected chi connectivity index (χ2v) is 10.1. The molecule has 41 heavy (non-hydrogen) atoms. The molecule has 0 spiro atoms. The van der Waals surface area contributed by atoms with Crippen LogP contribution in [0.25, 0.3) is 0 Å². The summed E-state index contributed by atoms with van der Waals surface area (Å²) in [6, 6.07) is 16.6. The van der Waals surface area contributed by atoms with Crippen LogP contribution in [0.15, 0.2) is 66.9 Å². The highest BCUT2D eigenvalue weighted by molar-refractivity contribution is 6.40. The molecule has 212 valence electrons. The molecule has 1 fully saturated rings. The van der Waals surface area contributed by atoms with Crippen molar-refractivity contribution >= 4 is 52.1 Å². The van der Waals surface area contributed by atoms with Crippen LogP contribution in [0.5, 0.6) is 17.4 Å². The maximum atomic E-state index is 15.1. The van der Waals surface area contributed by atoms with Crippen molar-refractivity contribution in [3.63, 3.8) is 0 Å². The van der Waals surface area contributed by atoms with Crippen molar-refractivity contribution in [1.29, 1.82) is 0 Å². The summed E-state index contributed by atoms with van der Waals surface area (Å²) < 4.78 is 26.3. The van der Waals surface area contributed by atoms with Crippen molar-refractivity contribution in [2.24, 2.45) is 0 Å². The van der Waals surface area contributed by atoms with Crippen LogP contribution in [0.3, 0.4) is 0 Å². The van der Waals surface area contributed by atoms with E-state index in [2.05, 4.69) is 25.5 Å². The van der Waals surface area contributed by atoms with Crippen molar-refractivity contribution in [3.8, 4) is 17.4 Å². The SMILES string of the molecule is COc1cccc(Oc2nc(Nc3ccc(N4CCN(C)CC4)c(F)c3)ncc2C(=O)Nc2c(Cl)cccc2Cl)c1. The number of piperazine rings is 1. The minimum atomic E-state index is -0.591. The van der Waals surface area contributed by atoms with E-state index in [9.17, 15) is 4.79 Å². The van der Waals surface area contributed by atoms with Crippen LogP contribution < -0.4 is 25.0 Å². The predicted molar refractivity (Wildman–Crippen MR) is 159 cm³/mol. The van der Waals surface area contributed by atoms with Gasteiger partial charge in [0.25, 0.3) is 5.91 Å². The number of halogens is 3. The Bertz CT molecular complexity index is 1550. The summed E-state index contributed by atoms with van der Waals surface area (Å²) in [5, 5.41) is 6.22. The van der Waals surface area contributed by atoms with Crippen LogP contribution in [-0.4, -0.2) is 61.1 Å². The molecule has 0 saturated carbocycles. The number of nitrogens with one attached hydrogen (secondary N) is 2. The van der Waals surface area contributed by atoms with E-state index in [1.54, 1.807) is 54.6 Å². The zero-order valence-electron chi connectivity index (χ0n) is 22.3. The molecule has 0 atom stereocenters. The molecule has 2 heterocycles. The van der Waals surface area contributed by atoms with Gasteiger partial charge >= 0.3 is 0 Å². The lowest BCUT2D eigenvalue weighted by atomic mass is 10.2. The number of amides is 1. The summed E-state index contributed by atoms with van der Waals surface area (Å²) in [6.45, 7) is 3.23. The minimum Gasteiger partial charge on any atom is -0.497 e. The molecule has 2 N–H and O–H groups in total. The number of aromatic nitrogens is 2. The quantitative estimate of drug-likeness (QED) is 0.239. The predicted octanol–water partition coefficient (Wildman–Crippen LogP) is 6.47. The van der Waals surface area contributed by atoms with Gasteiger partial charge in [-0.15, -0.1) is 0 Å². The van der Waals surface area contributed by atoms with Crippen molar-refractivity contribution in [1.82, 2.24) is 14.9 Å².